The summed E-state index contributed by atoms with van der Waals surface area (Å²) in [6.45, 7) is 2.97. The van der Waals surface area contributed by atoms with Crippen molar-refractivity contribution in [3.8, 4) is 5.75 Å². The molecule has 1 amide bonds. The van der Waals surface area contributed by atoms with Gasteiger partial charge in [0.2, 0.25) is 0 Å². The van der Waals surface area contributed by atoms with Crippen molar-refractivity contribution in [1.82, 2.24) is 10.3 Å². The highest BCUT2D eigenvalue weighted by Gasteiger charge is 2.21. The second-order valence-corrected chi connectivity index (χ2v) is 7.92. The Balaban J connectivity index is 1.46. The number of nitrogens with two attached hydrogens (primary N) is 1. The molecule has 3 aromatic rings. The third-order valence-corrected chi connectivity index (χ3v) is 5.55. The predicted octanol–water partition coefficient (Wildman–Crippen LogP) is 4.16. The van der Waals surface area contributed by atoms with Crippen molar-refractivity contribution in [2.45, 2.75) is 13.3 Å². The van der Waals surface area contributed by atoms with Crippen molar-refractivity contribution >= 4 is 45.6 Å². The number of carbonyl (C=O) groups is 1. The average molecular weight is 437 g/mol. The molecule has 0 unspecified atom stereocenters. The number of fused-ring (bicyclic) bond motifs is 1. The minimum atomic E-state index is -0.293. The van der Waals surface area contributed by atoms with Crippen LogP contribution in [0.15, 0.2) is 58.4 Å². The van der Waals surface area contributed by atoms with Crippen LogP contribution in [-0.2, 0) is 11.2 Å². The molecule has 6 nitrogen and oxygen atoms in total. The first-order chi connectivity index (χ1) is 15.0. The van der Waals surface area contributed by atoms with Crippen LogP contribution < -0.4 is 15.8 Å². The van der Waals surface area contributed by atoms with E-state index in [9.17, 15) is 9.18 Å². The van der Waals surface area contributed by atoms with Crippen molar-refractivity contribution in [1.29, 1.82) is 0 Å². The molecule has 0 atom stereocenters. The molecule has 0 spiro atoms. The maximum Gasteiger partial charge on any atom is 0.286 e. The van der Waals surface area contributed by atoms with E-state index in [1.165, 1.54) is 23.9 Å². The van der Waals surface area contributed by atoms with Crippen molar-refractivity contribution in [2.75, 3.05) is 18.9 Å². The molecule has 1 aliphatic heterocycles. The van der Waals surface area contributed by atoms with Crippen molar-refractivity contribution in [2.24, 2.45) is 4.99 Å². The van der Waals surface area contributed by atoms with E-state index in [2.05, 4.69) is 15.3 Å². The maximum absolute atomic E-state index is 13.3. The number of rotatable bonds is 6. The molecule has 4 rings (SSSR count). The van der Waals surface area contributed by atoms with Crippen molar-refractivity contribution in [3.05, 3.63) is 70.4 Å². The van der Waals surface area contributed by atoms with Crippen LogP contribution in [0.2, 0.25) is 0 Å². The summed E-state index contributed by atoms with van der Waals surface area (Å²) >= 11 is 1.28. The van der Waals surface area contributed by atoms with Crippen LogP contribution in [0.1, 0.15) is 18.1 Å². The fraction of sp³-hybridized carbons (Fsp3) is 0.174. The van der Waals surface area contributed by atoms with Crippen LogP contribution in [0.25, 0.3) is 17.0 Å². The molecule has 0 aliphatic carbocycles. The Hall–Kier alpha value is -3.39. The molecule has 2 aromatic carbocycles. The first kappa shape index (κ1) is 20.9. The van der Waals surface area contributed by atoms with Gasteiger partial charge < -0.3 is 15.8 Å². The number of hydrogen-bond donors (Lipinski definition) is 2. The molecule has 1 aromatic heterocycles. The first-order valence-corrected chi connectivity index (χ1v) is 10.7. The minimum Gasteiger partial charge on any atom is -0.493 e. The van der Waals surface area contributed by atoms with E-state index in [0.717, 1.165) is 22.0 Å². The second-order valence-electron chi connectivity index (χ2n) is 6.89. The number of thioether (sulfide) groups is 1. The standard InChI is InChI=1S/C23H21FN4O2S/c1-2-30-19-13-21(25)27-18-7-6-15(11-17(18)19)12-20-22(29)28-23(31-20)26-9-8-14-4-3-5-16(24)10-14/h3-7,10-13H,2,8-9H2,1H3,(H2,25,27)(H,26,28,29)/b20-12-. The second kappa shape index (κ2) is 9.18. The van der Waals surface area contributed by atoms with Crippen LogP contribution in [0, 0.1) is 5.82 Å². The highest BCUT2D eigenvalue weighted by molar-refractivity contribution is 8.18. The molecular weight excluding hydrogens is 415 g/mol. The number of hydrogen-bond acceptors (Lipinski definition) is 6. The topological polar surface area (TPSA) is 89.6 Å². The monoisotopic (exact) mass is 436 g/mol. The molecule has 2 heterocycles. The van der Waals surface area contributed by atoms with E-state index >= 15 is 0 Å². The summed E-state index contributed by atoms with van der Waals surface area (Å²) in [6.07, 6.45) is 2.43. The van der Waals surface area contributed by atoms with E-state index in [0.29, 0.717) is 41.2 Å². The van der Waals surface area contributed by atoms with Gasteiger partial charge in [-0.05, 0) is 66.6 Å². The number of pyridine rings is 1. The third-order valence-electron chi connectivity index (χ3n) is 4.61. The summed E-state index contributed by atoms with van der Waals surface area (Å²) in [7, 11) is 0. The Morgan fingerprint density at radius 1 is 1.23 bits per heavy atom. The van der Waals surface area contributed by atoms with Crippen LogP contribution in [0.3, 0.4) is 0 Å². The average Bonchev–Trinajstić information content (AvgIpc) is 3.07. The summed E-state index contributed by atoms with van der Waals surface area (Å²) in [5, 5.41) is 4.51. The lowest BCUT2D eigenvalue weighted by Gasteiger charge is -2.09. The SMILES string of the molecule is CCOc1cc(N)nc2ccc(/C=C3\SC(NCCc4cccc(F)c4)=NC3=O)cc12. The van der Waals surface area contributed by atoms with Gasteiger partial charge in [0.1, 0.15) is 17.4 Å². The van der Waals surface area contributed by atoms with Gasteiger partial charge in [0.05, 0.1) is 17.0 Å². The number of ether oxygens (including phenoxy) is 1. The Bertz CT molecular complexity index is 1210. The lowest BCUT2D eigenvalue weighted by molar-refractivity contribution is -0.113. The van der Waals surface area contributed by atoms with Gasteiger partial charge >= 0.3 is 0 Å². The number of anilines is 1. The van der Waals surface area contributed by atoms with Gasteiger partial charge in [-0.1, -0.05) is 18.2 Å². The van der Waals surface area contributed by atoms with Gasteiger partial charge in [0.15, 0.2) is 5.17 Å². The zero-order valence-corrected chi connectivity index (χ0v) is 17.7. The number of nitrogen functional groups attached to an aromatic ring is 1. The van der Waals surface area contributed by atoms with E-state index < -0.39 is 0 Å². The number of halogens is 1. The molecular formula is C23H21FN4O2S. The molecule has 0 saturated carbocycles. The number of aliphatic imine (C=N–C) groups is 1. The van der Waals surface area contributed by atoms with Gasteiger partial charge in [0.25, 0.3) is 5.91 Å². The minimum absolute atomic E-state index is 0.258. The normalized spacial score (nSPS) is 14.8. The smallest absolute Gasteiger partial charge is 0.286 e. The van der Waals surface area contributed by atoms with Crippen LogP contribution in [-0.4, -0.2) is 29.2 Å². The molecule has 31 heavy (non-hydrogen) atoms. The summed E-state index contributed by atoms with van der Waals surface area (Å²) in [5.41, 5.74) is 8.30. The van der Waals surface area contributed by atoms with Crippen LogP contribution >= 0.6 is 11.8 Å². The number of aromatic nitrogens is 1. The Labute approximate surface area is 183 Å². The highest BCUT2D eigenvalue weighted by Crippen LogP contribution is 2.31. The van der Waals surface area contributed by atoms with E-state index in [4.69, 9.17) is 10.5 Å². The van der Waals surface area contributed by atoms with Crippen LogP contribution in [0.4, 0.5) is 10.2 Å². The number of nitrogens with zero attached hydrogens (tertiary/aromatic N) is 2. The Morgan fingerprint density at radius 2 is 2.10 bits per heavy atom. The first-order valence-electron chi connectivity index (χ1n) is 9.86. The number of benzene rings is 2. The molecule has 1 aliphatic rings. The van der Waals surface area contributed by atoms with E-state index in [1.54, 1.807) is 18.2 Å². The van der Waals surface area contributed by atoms with Gasteiger partial charge in [0, 0.05) is 18.0 Å². The van der Waals surface area contributed by atoms with E-state index in [1.807, 2.05) is 31.2 Å². The molecule has 0 bridgehead atoms. The third kappa shape index (κ3) is 5.03. The zero-order valence-electron chi connectivity index (χ0n) is 16.9. The number of amidine groups is 1. The summed E-state index contributed by atoms with van der Waals surface area (Å²) < 4.78 is 19.0. The summed E-state index contributed by atoms with van der Waals surface area (Å²) in [4.78, 5) is 21.2. The molecule has 8 heteroatoms. The molecule has 3 N–H and O–H groups in total. The zero-order chi connectivity index (χ0) is 21.8. The predicted molar refractivity (Wildman–Crippen MR) is 123 cm³/mol. The van der Waals surface area contributed by atoms with Crippen LogP contribution in [0.5, 0.6) is 5.75 Å². The van der Waals surface area contributed by atoms with Gasteiger partial charge in [-0.25, -0.2) is 9.37 Å². The molecule has 0 saturated heterocycles. The maximum atomic E-state index is 13.3. The fourth-order valence-electron chi connectivity index (χ4n) is 3.24. The number of nitrogens with one attached hydrogen (secondary N) is 1. The molecule has 0 fully saturated rings. The number of carbonyl (C=O) groups excluding carboxylic acids is 1. The molecule has 0 radical (unpaired) electrons. The Kier molecular flexibility index (Phi) is 6.18. The van der Waals surface area contributed by atoms with E-state index in [-0.39, 0.29) is 11.7 Å². The van der Waals surface area contributed by atoms with Crippen molar-refractivity contribution in [3.63, 3.8) is 0 Å². The Morgan fingerprint density at radius 3 is 2.90 bits per heavy atom. The van der Waals surface area contributed by atoms with Gasteiger partial charge in [-0.3, -0.25) is 4.79 Å². The summed E-state index contributed by atoms with van der Waals surface area (Å²) in [5.74, 6) is 0.502. The molecule has 158 valence electrons. The van der Waals surface area contributed by atoms with Gasteiger partial charge in [-0.15, -0.1) is 0 Å². The lowest BCUT2D eigenvalue weighted by Crippen LogP contribution is -2.21. The van der Waals surface area contributed by atoms with Crippen molar-refractivity contribution < 1.29 is 13.9 Å². The quantitative estimate of drug-likeness (QED) is 0.564. The van der Waals surface area contributed by atoms with Gasteiger partial charge in [-0.2, -0.15) is 4.99 Å². The summed E-state index contributed by atoms with van der Waals surface area (Å²) in [6, 6.07) is 13.8. The lowest BCUT2D eigenvalue weighted by atomic mass is 10.1. The number of amides is 1. The largest absolute Gasteiger partial charge is 0.493 e. The fourth-order valence-corrected chi connectivity index (χ4v) is 4.08. The highest BCUT2D eigenvalue weighted by atomic mass is 32.2.